The van der Waals surface area contributed by atoms with Crippen LogP contribution in [-0.2, 0) is 4.79 Å². The van der Waals surface area contributed by atoms with Gasteiger partial charge < -0.3 is 19.1 Å². The van der Waals surface area contributed by atoms with Crippen LogP contribution in [0.5, 0.6) is 0 Å². The molecule has 8 heteroatoms. The molecule has 176 valence electrons. The number of carbonyl (C=O) groups is 3. The number of furan rings is 1. The zero-order chi connectivity index (χ0) is 23.7. The molecule has 0 unspecified atom stereocenters. The summed E-state index contributed by atoms with van der Waals surface area (Å²) in [4.78, 5) is 43.8. The zero-order valence-electron chi connectivity index (χ0n) is 18.8. The fraction of sp³-hybridized carbons (Fsp3) is 0.346. The fourth-order valence-corrected chi connectivity index (χ4v) is 4.74. The molecule has 7 nitrogen and oxygen atoms in total. The highest BCUT2D eigenvalue weighted by molar-refractivity contribution is 5.96. The van der Waals surface area contributed by atoms with Crippen molar-refractivity contribution < 1.29 is 23.2 Å². The molecule has 5 rings (SSSR count). The molecular formula is C26H26FN3O4. The Kier molecular flexibility index (Phi) is 6.04. The van der Waals surface area contributed by atoms with Gasteiger partial charge in [-0.25, -0.2) is 4.39 Å². The second-order valence-corrected chi connectivity index (χ2v) is 8.84. The van der Waals surface area contributed by atoms with Crippen LogP contribution in [0.25, 0.3) is 11.0 Å². The molecular weight excluding hydrogens is 437 g/mol. The third-order valence-electron chi connectivity index (χ3n) is 6.74. The number of halogens is 1. The van der Waals surface area contributed by atoms with Gasteiger partial charge in [0.05, 0.1) is 0 Å². The first kappa shape index (κ1) is 22.1. The predicted molar refractivity (Wildman–Crippen MR) is 124 cm³/mol. The number of amides is 3. The lowest BCUT2D eigenvalue weighted by atomic mass is 9.94. The minimum absolute atomic E-state index is 0.0877. The molecule has 0 radical (unpaired) electrons. The SMILES string of the molecule is O=C(c1ccc(F)cc1)N1CCC(C(=O)N2CCN(C(=O)c3cc4ccccc4o3)CC2)CC1. The summed E-state index contributed by atoms with van der Waals surface area (Å²) in [6.45, 7) is 2.89. The normalized spacial score (nSPS) is 17.3. The van der Waals surface area contributed by atoms with E-state index in [2.05, 4.69) is 0 Å². The summed E-state index contributed by atoms with van der Waals surface area (Å²) in [6, 6.07) is 14.8. The summed E-state index contributed by atoms with van der Waals surface area (Å²) in [7, 11) is 0. The number of rotatable bonds is 3. The monoisotopic (exact) mass is 463 g/mol. The summed E-state index contributed by atoms with van der Waals surface area (Å²) >= 11 is 0. The number of para-hydroxylation sites is 1. The van der Waals surface area contributed by atoms with Crippen LogP contribution in [-0.4, -0.2) is 71.7 Å². The number of hydrogen-bond donors (Lipinski definition) is 0. The van der Waals surface area contributed by atoms with Gasteiger partial charge in [-0.05, 0) is 49.2 Å². The Bertz CT molecular complexity index is 1170. The van der Waals surface area contributed by atoms with E-state index < -0.39 is 0 Å². The molecule has 2 aliphatic heterocycles. The average molecular weight is 464 g/mol. The Morgan fingerprint density at radius 3 is 2.06 bits per heavy atom. The van der Waals surface area contributed by atoms with E-state index in [1.54, 1.807) is 15.9 Å². The number of nitrogens with zero attached hydrogens (tertiary/aromatic N) is 3. The summed E-state index contributed by atoms with van der Waals surface area (Å²) in [5.74, 6) is -0.390. The van der Waals surface area contributed by atoms with E-state index in [0.29, 0.717) is 69.0 Å². The van der Waals surface area contributed by atoms with E-state index in [0.717, 1.165) is 5.39 Å². The molecule has 0 aliphatic carbocycles. The molecule has 2 saturated heterocycles. The van der Waals surface area contributed by atoms with Crippen molar-refractivity contribution in [3.63, 3.8) is 0 Å². The fourth-order valence-electron chi connectivity index (χ4n) is 4.74. The predicted octanol–water partition coefficient (Wildman–Crippen LogP) is 3.41. The average Bonchev–Trinajstić information content (AvgIpc) is 3.32. The lowest BCUT2D eigenvalue weighted by Gasteiger charge is -2.38. The number of carbonyl (C=O) groups excluding carboxylic acids is 3. The highest BCUT2D eigenvalue weighted by Gasteiger charge is 2.33. The first-order chi connectivity index (χ1) is 16.5. The number of fused-ring (bicyclic) bond motifs is 1. The third kappa shape index (κ3) is 4.40. The van der Waals surface area contributed by atoms with Gasteiger partial charge in [0.1, 0.15) is 11.4 Å². The first-order valence-electron chi connectivity index (χ1n) is 11.6. The Morgan fingerprint density at radius 1 is 0.765 bits per heavy atom. The van der Waals surface area contributed by atoms with Gasteiger partial charge >= 0.3 is 0 Å². The molecule has 34 heavy (non-hydrogen) atoms. The maximum atomic E-state index is 13.1. The van der Waals surface area contributed by atoms with Crippen molar-refractivity contribution in [2.75, 3.05) is 39.3 Å². The van der Waals surface area contributed by atoms with Gasteiger partial charge in [0, 0.05) is 56.1 Å². The molecule has 2 fully saturated rings. The van der Waals surface area contributed by atoms with Crippen LogP contribution < -0.4 is 0 Å². The van der Waals surface area contributed by atoms with Crippen LogP contribution in [0.4, 0.5) is 4.39 Å². The second-order valence-electron chi connectivity index (χ2n) is 8.84. The number of piperidine rings is 1. The van der Waals surface area contributed by atoms with E-state index in [-0.39, 0.29) is 29.5 Å². The molecule has 2 aliphatic rings. The lowest BCUT2D eigenvalue weighted by Crippen LogP contribution is -2.53. The highest BCUT2D eigenvalue weighted by Crippen LogP contribution is 2.24. The van der Waals surface area contributed by atoms with Crippen molar-refractivity contribution >= 4 is 28.7 Å². The van der Waals surface area contributed by atoms with Crippen LogP contribution in [0.15, 0.2) is 59.0 Å². The van der Waals surface area contributed by atoms with Gasteiger partial charge in [-0.1, -0.05) is 18.2 Å². The maximum Gasteiger partial charge on any atom is 0.289 e. The quantitative estimate of drug-likeness (QED) is 0.597. The van der Waals surface area contributed by atoms with E-state index in [1.807, 2.05) is 29.2 Å². The topological polar surface area (TPSA) is 74.1 Å². The van der Waals surface area contributed by atoms with Gasteiger partial charge in [-0.15, -0.1) is 0 Å². The minimum atomic E-state index is -0.375. The first-order valence-corrected chi connectivity index (χ1v) is 11.6. The van der Waals surface area contributed by atoms with Gasteiger partial charge in [-0.2, -0.15) is 0 Å². The van der Waals surface area contributed by atoms with Gasteiger partial charge in [-0.3, -0.25) is 14.4 Å². The smallest absolute Gasteiger partial charge is 0.289 e. The molecule has 0 N–H and O–H groups in total. The van der Waals surface area contributed by atoms with E-state index in [9.17, 15) is 18.8 Å². The van der Waals surface area contributed by atoms with Gasteiger partial charge in [0.15, 0.2) is 5.76 Å². The molecule has 0 atom stereocenters. The number of hydrogen-bond acceptors (Lipinski definition) is 4. The molecule has 0 saturated carbocycles. The molecule has 2 aromatic carbocycles. The van der Waals surface area contributed by atoms with Crippen LogP contribution in [0.2, 0.25) is 0 Å². The van der Waals surface area contributed by atoms with Crippen molar-refractivity contribution in [2.45, 2.75) is 12.8 Å². The molecule has 3 aromatic rings. The Labute approximate surface area is 196 Å². The molecule has 3 amide bonds. The highest BCUT2D eigenvalue weighted by atomic mass is 19.1. The summed E-state index contributed by atoms with van der Waals surface area (Å²) in [5.41, 5.74) is 1.14. The van der Waals surface area contributed by atoms with Crippen LogP contribution in [0, 0.1) is 11.7 Å². The van der Waals surface area contributed by atoms with Crippen LogP contribution >= 0.6 is 0 Å². The lowest BCUT2D eigenvalue weighted by molar-refractivity contribution is -0.138. The van der Waals surface area contributed by atoms with Gasteiger partial charge in [0.25, 0.3) is 11.8 Å². The maximum absolute atomic E-state index is 13.1. The van der Waals surface area contributed by atoms with Crippen molar-refractivity contribution in [1.82, 2.24) is 14.7 Å². The van der Waals surface area contributed by atoms with E-state index >= 15 is 0 Å². The number of piperazine rings is 1. The molecule has 1 aromatic heterocycles. The van der Waals surface area contributed by atoms with Crippen molar-refractivity contribution in [3.8, 4) is 0 Å². The Hall–Kier alpha value is -3.68. The third-order valence-corrected chi connectivity index (χ3v) is 6.74. The summed E-state index contributed by atoms with van der Waals surface area (Å²) < 4.78 is 18.8. The largest absolute Gasteiger partial charge is 0.451 e. The van der Waals surface area contributed by atoms with E-state index in [1.165, 1.54) is 24.3 Å². The Morgan fingerprint density at radius 2 is 1.38 bits per heavy atom. The number of benzene rings is 2. The van der Waals surface area contributed by atoms with Crippen molar-refractivity contribution in [1.29, 1.82) is 0 Å². The second kappa shape index (κ2) is 9.29. The number of likely N-dealkylation sites (tertiary alicyclic amines) is 1. The molecule has 0 spiro atoms. The standard InChI is InChI=1S/C26H26FN3O4/c27-21-7-5-18(6-8-21)24(31)28-11-9-19(10-12-28)25(32)29-13-15-30(16-14-29)26(33)23-17-20-3-1-2-4-22(20)34-23/h1-8,17,19H,9-16H2. The minimum Gasteiger partial charge on any atom is -0.451 e. The van der Waals surface area contributed by atoms with E-state index in [4.69, 9.17) is 4.42 Å². The van der Waals surface area contributed by atoms with Crippen LogP contribution in [0.1, 0.15) is 33.8 Å². The summed E-state index contributed by atoms with van der Waals surface area (Å²) in [5, 5.41) is 0.893. The van der Waals surface area contributed by atoms with Crippen molar-refractivity contribution in [3.05, 3.63) is 71.7 Å². The van der Waals surface area contributed by atoms with Crippen molar-refractivity contribution in [2.24, 2.45) is 5.92 Å². The Balaban J connectivity index is 1.12. The van der Waals surface area contributed by atoms with Crippen LogP contribution in [0.3, 0.4) is 0 Å². The zero-order valence-corrected chi connectivity index (χ0v) is 18.8. The molecule has 0 bridgehead atoms. The molecule has 3 heterocycles. The van der Waals surface area contributed by atoms with Gasteiger partial charge in [0.2, 0.25) is 5.91 Å². The summed E-state index contributed by atoms with van der Waals surface area (Å²) in [6.07, 6.45) is 1.20.